The van der Waals surface area contributed by atoms with Gasteiger partial charge in [0.2, 0.25) is 5.91 Å². The van der Waals surface area contributed by atoms with Crippen molar-refractivity contribution in [1.82, 2.24) is 0 Å². The van der Waals surface area contributed by atoms with E-state index >= 15 is 0 Å². The van der Waals surface area contributed by atoms with Gasteiger partial charge in [-0.25, -0.2) is 8.42 Å². The van der Waals surface area contributed by atoms with Crippen LogP contribution in [0.3, 0.4) is 0 Å². The van der Waals surface area contributed by atoms with Crippen molar-refractivity contribution in [2.24, 2.45) is 0 Å². The molecule has 26 heavy (non-hydrogen) atoms. The van der Waals surface area contributed by atoms with Crippen molar-refractivity contribution in [2.45, 2.75) is 5.75 Å². The average Bonchev–Trinajstić information content (AvgIpc) is 2.62. The zero-order valence-corrected chi connectivity index (χ0v) is 15.1. The average molecular weight is 369 g/mol. The predicted octanol–water partition coefficient (Wildman–Crippen LogP) is 3.40. The van der Waals surface area contributed by atoms with Crippen molar-refractivity contribution in [2.75, 3.05) is 18.2 Å². The Hall–Kier alpha value is -2.86. The Morgan fingerprint density at radius 1 is 0.923 bits per heavy atom. The van der Waals surface area contributed by atoms with Gasteiger partial charge < -0.3 is 10.1 Å². The summed E-state index contributed by atoms with van der Waals surface area (Å²) in [7, 11) is -1.98. The number of carbonyl (C=O) groups is 1. The third kappa shape index (κ3) is 4.21. The van der Waals surface area contributed by atoms with Crippen LogP contribution in [0.25, 0.3) is 10.8 Å². The molecule has 1 N–H and O–H groups in total. The first kappa shape index (κ1) is 17.9. The highest BCUT2D eigenvalue weighted by Gasteiger charge is 2.18. The fourth-order valence-corrected chi connectivity index (χ4v) is 4.10. The number of amides is 1. The van der Waals surface area contributed by atoms with E-state index in [9.17, 15) is 13.2 Å². The molecule has 6 heteroatoms. The number of nitrogens with one attached hydrogen (secondary N) is 1. The van der Waals surface area contributed by atoms with E-state index in [1.54, 1.807) is 43.5 Å². The summed E-state index contributed by atoms with van der Waals surface area (Å²) in [4.78, 5) is 12.3. The molecule has 0 aliphatic carbocycles. The number of rotatable bonds is 6. The second-order valence-electron chi connectivity index (χ2n) is 5.93. The number of methoxy groups -OCH3 is 1. The first-order valence-electron chi connectivity index (χ1n) is 8.08. The first-order valence-corrected chi connectivity index (χ1v) is 9.90. The number of benzene rings is 3. The lowest BCUT2D eigenvalue weighted by atomic mass is 10.1. The minimum atomic E-state index is -3.56. The molecule has 0 bridgehead atoms. The SMILES string of the molecule is COc1ccc(NC(=O)CS(=O)(=O)Cc2ccccc2)c2ccccc12. The molecule has 3 rings (SSSR count). The Balaban J connectivity index is 1.77. The van der Waals surface area contributed by atoms with E-state index in [1.807, 2.05) is 30.3 Å². The quantitative estimate of drug-likeness (QED) is 0.723. The number of carbonyl (C=O) groups excluding carboxylic acids is 1. The van der Waals surface area contributed by atoms with Gasteiger partial charge in [0.15, 0.2) is 9.84 Å². The smallest absolute Gasteiger partial charge is 0.239 e. The van der Waals surface area contributed by atoms with Crippen LogP contribution in [0.1, 0.15) is 5.56 Å². The molecule has 0 aliphatic rings. The molecule has 0 radical (unpaired) electrons. The van der Waals surface area contributed by atoms with Gasteiger partial charge in [-0.05, 0) is 17.7 Å². The summed E-state index contributed by atoms with van der Waals surface area (Å²) in [5.74, 6) is -0.598. The van der Waals surface area contributed by atoms with Crippen molar-refractivity contribution >= 4 is 32.2 Å². The Morgan fingerprint density at radius 3 is 2.27 bits per heavy atom. The van der Waals surface area contributed by atoms with Crippen LogP contribution in [0.2, 0.25) is 0 Å². The largest absolute Gasteiger partial charge is 0.496 e. The van der Waals surface area contributed by atoms with Gasteiger partial charge in [-0.15, -0.1) is 0 Å². The van der Waals surface area contributed by atoms with E-state index in [2.05, 4.69) is 5.32 Å². The van der Waals surface area contributed by atoms with Crippen LogP contribution in [0.4, 0.5) is 5.69 Å². The molecule has 0 heterocycles. The fourth-order valence-electron chi connectivity index (χ4n) is 2.82. The summed E-state index contributed by atoms with van der Waals surface area (Å²) < 4.78 is 29.9. The van der Waals surface area contributed by atoms with Crippen molar-refractivity contribution in [3.63, 3.8) is 0 Å². The van der Waals surface area contributed by atoms with E-state index in [1.165, 1.54) is 0 Å². The van der Waals surface area contributed by atoms with Gasteiger partial charge in [-0.2, -0.15) is 0 Å². The van der Waals surface area contributed by atoms with Crippen LogP contribution < -0.4 is 10.1 Å². The highest BCUT2D eigenvalue weighted by Crippen LogP contribution is 2.31. The van der Waals surface area contributed by atoms with Gasteiger partial charge in [0.05, 0.1) is 12.9 Å². The molecule has 0 saturated heterocycles. The highest BCUT2D eigenvalue weighted by atomic mass is 32.2. The zero-order valence-electron chi connectivity index (χ0n) is 14.3. The van der Waals surface area contributed by atoms with E-state index in [4.69, 9.17) is 4.74 Å². The second kappa shape index (κ2) is 7.58. The van der Waals surface area contributed by atoms with Gasteiger partial charge in [-0.1, -0.05) is 54.6 Å². The van der Waals surface area contributed by atoms with E-state index in [0.717, 1.165) is 10.8 Å². The molecule has 0 aliphatic heterocycles. The van der Waals surface area contributed by atoms with Gasteiger partial charge in [0, 0.05) is 16.5 Å². The minimum Gasteiger partial charge on any atom is -0.496 e. The van der Waals surface area contributed by atoms with E-state index < -0.39 is 21.5 Å². The highest BCUT2D eigenvalue weighted by molar-refractivity contribution is 7.91. The van der Waals surface area contributed by atoms with Crippen LogP contribution in [0.15, 0.2) is 66.7 Å². The summed E-state index contributed by atoms with van der Waals surface area (Å²) in [6, 6.07) is 19.7. The number of hydrogen-bond donors (Lipinski definition) is 1. The zero-order chi connectivity index (χ0) is 18.6. The topological polar surface area (TPSA) is 72.5 Å². The molecule has 3 aromatic carbocycles. The summed E-state index contributed by atoms with van der Waals surface area (Å²) in [5.41, 5.74) is 1.22. The lowest BCUT2D eigenvalue weighted by Gasteiger charge is -2.12. The Morgan fingerprint density at radius 2 is 1.58 bits per heavy atom. The van der Waals surface area contributed by atoms with Gasteiger partial charge in [0.1, 0.15) is 11.5 Å². The third-order valence-electron chi connectivity index (χ3n) is 3.96. The third-order valence-corrected chi connectivity index (χ3v) is 5.43. The van der Waals surface area contributed by atoms with Gasteiger partial charge >= 0.3 is 0 Å². The van der Waals surface area contributed by atoms with Crippen molar-refractivity contribution < 1.29 is 17.9 Å². The molecule has 0 atom stereocenters. The molecule has 0 fully saturated rings. The minimum absolute atomic E-state index is 0.162. The maximum absolute atomic E-state index is 12.3. The number of anilines is 1. The standard InChI is InChI=1S/C20H19NO4S/c1-25-19-12-11-18(16-9-5-6-10-17(16)19)21-20(22)14-26(23,24)13-15-7-3-2-4-8-15/h2-12H,13-14H2,1H3,(H,21,22). The Bertz CT molecular complexity index is 1030. The normalized spacial score (nSPS) is 11.3. The summed E-state index contributed by atoms with van der Waals surface area (Å²) in [5, 5.41) is 4.34. The number of fused-ring (bicyclic) bond motifs is 1. The maximum Gasteiger partial charge on any atom is 0.239 e. The number of sulfone groups is 1. The molecule has 1 amide bonds. The Labute approximate surface area is 152 Å². The lowest BCUT2D eigenvalue weighted by Crippen LogP contribution is -2.24. The second-order valence-corrected chi connectivity index (χ2v) is 7.99. The molecule has 0 saturated carbocycles. The van der Waals surface area contributed by atoms with Gasteiger partial charge in [0.25, 0.3) is 0 Å². The molecule has 3 aromatic rings. The van der Waals surface area contributed by atoms with Crippen LogP contribution in [0.5, 0.6) is 5.75 Å². The summed E-state index contributed by atoms with van der Waals surface area (Å²) in [6.07, 6.45) is 0. The number of hydrogen-bond acceptors (Lipinski definition) is 4. The Kier molecular flexibility index (Phi) is 5.23. The predicted molar refractivity (Wildman–Crippen MR) is 103 cm³/mol. The summed E-state index contributed by atoms with van der Waals surface area (Å²) in [6.45, 7) is 0. The fraction of sp³-hybridized carbons (Fsp3) is 0.150. The van der Waals surface area contributed by atoms with Gasteiger partial charge in [-0.3, -0.25) is 4.79 Å². The lowest BCUT2D eigenvalue weighted by molar-refractivity contribution is -0.113. The van der Waals surface area contributed by atoms with Crippen molar-refractivity contribution in [3.05, 3.63) is 72.3 Å². The van der Waals surface area contributed by atoms with Crippen LogP contribution >= 0.6 is 0 Å². The summed E-state index contributed by atoms with van der Waals surface area (Å²) >= 11 is 0. The van der Waals surface area contributed by atoms with Crippen molar-refractivity contribution in [3.8, 4) is 5.75 Å². The maximum atomic E-state index is 12.3. The molecule has 0 spiro atoms. The number of ether oxygens (including phenoxy) is 1. The van der Waals surface area contributed by atoms with Crippen LogP contribution in [-0.2, 0) is 20.4 Å². The van der Waals surface area contributed by atoms with Crippen LogP contribution in [-0.4, -0.2) is 27.2 Å². The van der Waals surface area contributed by atoms with E-state index in [-0.39, 0.29) is 5.75 Å². The molecule has 0 unspecified atom stereocenters. The molecule has 0 aromatic heterocycles. The molecular weight excluding hydrogens is 350 g/mol. The molecule has 5 nitrogen and oxygen atoms in total. The molecular formula is C20H19NO4S. The molecule has 134 valence electrons. The van der Waals surface area contributed by atoms with E-state index in [0.29, 0.717) is 17.0 Å². The monoisotopic (exact) mass is 369 g/mol. The van der Waals surface area contributed by atoms with Crippen LogP contribution in [0, 0.1) is 0 Å². The van der Waals surface area contributed by atoms with Crippen molar-refractivity contribution in [1.29, 1.82) is 0 Å². The first-order chi connectivity index (χ1) is 12.5.